The lowest BCUT2D eigenvalue weighted by molar-refractivity contribution is 0.172. The number of fused-ring (bicyclic) bond motifs is 1. The van der Waals surface area contributed by atoms with Gasteiger partial charge in [-0.15, -0.1) is 0 Å². The molecule has 0 atom stereocenters. The Kier molecular flexibility index (Phi) is 3.77. The minimum Gasteiger partial charge on any atom is -0.493 e. The smallest absolute Gasteiger partial charge is 0.128 e. The average molecular weight is 232 g/mol. The molecule has 2 aromatic rings. The zero-order valence-electron chi connectivity index (χ0n) is 9.85. The predicted octanol–water partition coefficient (Wildman–Crippen LogP) is 2.23. The Morgan fingerprint density at radius 3 is 2.94 bits per heavy atom. The quantitative estimate of drug-likeness (QED) is 0.634. The molecule has 4 nitrogen and oxygen atoms in total. The molecule has 0 fully saturated rings. The van der Waals surface area contributed by atoms with Gasteiger partial charge in [-0.25, -0.2) is 0 Å². The van der Waals surface area contributed by atoms with Crippen molar-refractivity contribution in [1.82, 2.24) is 4.98 Å². The molecule has 0 saturated carbocycles. The minimum absolute atomic E-state index is 0.627. The molecule has 0 spiro atoms. The number of aromatic nitrogens is 1. The standard InChI is InChI=1S/C13H16N2O2/c1-16-8-3-9-17-12-6-5-11(14)13-10(12)4-2-7-15-13/h2,4-7H,3,8-9,14H2,1H3. The third-order valence-corrected chi connectivity index (χ3v) is 2.51. The summed E-state index contributed by atoms with van der Waals surface area (Å²) in [5, 5.41) is 0.949. The highest BCUT2D eigenvalue weighted by Gasteiger charge is 2.05. The number of rotatable bonds is 5. The number of nitrogen functional groups attached to an aromatic ring is 1. The van der Waals surface area contributed by atoms with E-state index in [4.69, 9.17) is 15.2 Å². The van der Waals surface area contributed by atoms with Crippen LogP contribution in [-0.4, -0.2) is 25.3 Å². The fourth-order valence-corrected chi connectivity index (χ4v) is 1.68. The zero-order chi connectivity index (χ0) is 12.1. The first-order valence-corrected chi connectivity index (χ1v) is 5.58. The van der Waals surface area contributed by atoms with E-state index in [0.717, 1.165) is 23.1 Å². The second-order valence-electron chi connectivity index (χ2n) is 3.75. The molecule has 0 unspecified atom stereocenters. The van der Waals surface area contributed by atoms with Gasteiger partial charge >= 0.3 is 0 Å². The number of hydrogen-bond acceptors (Lipinski definition) is 4. The van der Waals surface area contributed by atoms with E-state index >= 15 is 0 Å². The van der Waals surface area contributed by atoms with Crippen molar-refractivity contribution in [3.63, 3.8) is 0 Å². The van der Waals surface area contributed by atoms with E-state index in [-0.39, 0.29) is 0 Å². The van der Waals surface area contributed by atoms with Gasteiger partial charge in [-0.05, 0) is 24.3 Å². The highest BCUT2D eigenvalue weighted by molar-refractivity contribution is 5.93. The van der Waals surface area contributed by atoms with Crippen molar-refractivity contribution in [2.24, 2.45) is 0 Å². The summed E-state index contributed by atoms with van der Waals surface area (Å²) in [6.45, 7) is 1.33. The van der Waals surface area contributed by atoms with Gasteiger partial charge in [0.1, 0.15) is 5.75 Å². The first-order chi connectivity index (χ1) is 8.33. The average Bonchev–Trinajstić information content (AvgIpc) is 2.37. The van der Waals surface area contributed by atoms with Crippen LogP contribution in [0.2, 0.25) is 0 Å². The fraction of sp³-hybridized carbons (Fsp3) is 0.308. The van der Waals surface area contributed by atoms with Crippen molar-refractivity contribution in [3.05, 3.63) is 30.5 Å². The van der Waals surface area contributed by atoms with E-state index in [0.29, 0.717) is 18.9 Å². The Morgan fingerprint density at radius 1 is 1.24 bits per heavy atom. The van der Waals surface area contributed by atoms with Crippen molar-refractivity contribution in [1.29, 1.82) is 0 Å². The van der Waals surface area contributed by atoms with Crippen LogP contribution in [0.1, 0.15) is 6.42 Å². The van der Waals surface area contributed by atoms with Gasteiger partial charge < -0.3 is 15.2 Å². The number of methoxy groups -OCH3 is 1. The molecular formula is C13H16N2O2. The molecule has 17 heavy (non-hydrogen) atoms. The van der Waals surface area contributed by atoms with E-state index in [9.17, 15) is 0 Å². The van der Waals surface area contributed by atoms with Gasteiger partial charge in [0.05, 0.1) is 17.8 Å². The molecule has 1 aromatic heterocycles. The third kappa shape index (κ3) is 2.65. The summed E-state index contributed by atoms with van der Waals surface area (Å²) < 4.78 is 10.7. The zero-order valence-corrected chi connectivity index (χ0v) is 9.85. The monoisotopic (exact) mass is 232 g/mol. The molecule has 0 aliphatic rings. The van der Waals surface area contributed by atoms with Crippen LogP contribution in [0, 0.1) is 0 Å². The number of anilines is 1. The maximum Gasteiger partial charge on any atom is 0.128 e. The molecule has 1 aromatic carbocycles. The van der Waals surface area contributed by atoms with Crippen molar-refractivity contribution >= 4 is 16.6 Å². The normalized spacial score (nSPS) is 10.6. The van der Waals surface area contributed by atoms with Crippen molar-refractivity contribution in [3.8, 4) is 5.75 Å². The second-order valence-corrected chi connectivity index (χ2v) is 3.75. The summed E-state index contributed by atoms with van der Waals surface area (Å²) in [6, 6.07) is 7.54. The van der Waals surface area contributed by atoms with Crippen LogP contribution in [0.5, 0.6) is 5.75 Å². The fourth-order valence-electron chi connectivity index (χ4n) is 1.68. The van der Waals surface area contributed by atoms with Gasteiger partial charge in [-0.2, -0.15) is 0 Å². The SMILES string of the molecule is COCCCOc1ccc(N)c2ncccc12. The molecule has 90 valence electrons. The Bertz CT molecular complexity index is 500. The molecule has 0 amide bonds. The van der Waals surface area contributed by atoms with Gasteiger partial charge in [0.2, 0.25) is 0 Å². The van der Waals surface area contributed by atoms with Crippen molar-refractivity contribution in [2.75, 3.05) is 26.1 Å². The Morgan fingerprint density at radius 2 is 2.12 bits per heavy atom. The first kappa shape index (κ1) is 11.7. The number of benzene rings is 1. The molecule has 0 bridgehead atoms. The van der Waals surface area contributed by atoms with Gasteiger partial charge in [-0.1, -0.05) is 0 Å². The minimum atomic E-state index is 0.627. The summed E-state index contributed by atoms with van der Waals surface area (Å²) in [5.74, 6) is 0.818. The van der Waals surface area contributed by atoms with Crippen LogP contribution in [0.15, 0.2) is 30.5 Å². The van der Waals surface area contributed by atoms with Gasteiger partial charge in [0.25, 0.3) is 0 Å². The maximum absolute atomic E-state index is 5.86. The Hall–Kier alpha value is -1.81. The molecule has 2 N–H and O–H groups in total. The van der Waals surface area contributed by atoms with Gasteiger partial charge in [0, 0.05) is 31.7 Å². The highest BCUT2D eigenvalue weighted by atomic mass is 16.5. The molecule has 4 heteroatoms. The van der Waals surface area contributed by atoms with Gasteiger partial charge in [-0.3, -0.25) is 4.98 Å². The van der Waals surface area contributed by atoms with Crippen LogP contribution in [-0.2, 0) is 4.74 Å². The summed E-state index contributed by atoms with van der Waals surface area (Å²) in [6.07, 6.45) is 2.59. The van der Waals surface area contributed by atoms with Crippen LogP contribution < -0.4 is 10.5 Å². The highest BCUT2D eigenvalue weighted by Crippen LogP contribution is 2.28. The van der Waals surface area contributed by atoms with E-state index in [1.54, 1.807) is 13.3 Å². The summed E-state index contributed by atoms with van der Waals surface area (Å²) in [7, 11) is 1.68. The van der Waals surface area contributed by atoms with Crippen LogP contribution in [0.4, 0.5) is 5.69 Å². The first-order valence-electron chi connectivity index (χ1n) is 5.58. The van der Waals surface area contributed by atoms with Crippen LogP contribution >= 0.6 is 0 Å². The maximum atomic E-state index is 5.86. The topological polar surface area (TPSA) is 57.4 Å². The number of nitrogens with two attached hydrogens (primary N) is 1. The summed E-state index contributed by atoms with van der Waals surface area (Å²) >= 11 is 0. The lowest BCUT2D eigenvalue weighted by Crippen LogP contribution is -2.02. The molecular weight excluding hydrogens is 216 g/mol. The van der Waals surface area contributed by atoms with Gasteiger partial charge in [0.15, 0.2) is 0 Å². The van der Waals surface area contributed by atoms with Crippen molar-refractivity contribution < 1.29 is 9.47 Å². The van der Waals surface area contributed by atoms with E-state index in [1.165, 1.54) is 0 Å². The third-order valence-electron chi connectivity index (χ3n) is 2.51. The Balaban J connectivity index is 2.20. The van der Waals surface area contributed by atoms with E-state index in [2.05, 4.69) is 4.98 Å². The Labute approximate surface area is 100 Å². The molecule has 0 radical (unpaired) electrons. The number of nitrogens with zero attached hydrogens (tertiary/aromatic N) is 1. The molecule has 0 aliphatic heterocycles. The van der Waals surface area contributed by atoms with Crippen molar-refractivity contribution in [2.45, 2.75) is 6.42 Å². The summed E-state index contributed by atoms with van der Waals surface area (Å²) in [4.78, 5) is 4.26. The molecule has 2 rings (SSSR count). The van der Waals surface area contributed by atoms with Crippen LogP contribution in [0.3, 0.4) is 0 Å². The molecule has 1 heterocycles. The van der Waals surface area contributed by atoms with E-state index in [1.807, 2.05) is 24.3 Å². The van der Waals surface area contributed by atoms with E-state index < -0.39 is 0 Å². The number of pyridine rings is 1. The summed E-state index contributed by atoms with van der Waals surface area (Å²) in [5.41, 5.74) is 7.32. The van der Waals surface area contributed by atoms with Crippen LogP contribution in [0.25, 0.3) is 10.9 Å². The number of ether oxygens (including phenoxy) is 2. The lowest BCUT2D eigenvalue weighted by atomic mass is 10.2. The predicted molar refractivity (Wildman–Crippen MR) is 68.1 cm³/mol. The largest absolute Gasteiger partial charge is 0.493 e. The number of hydrogen-bond donors (Lipinski definition) is 1. The second kappa shape index (κ2) is 5.50. The molecule has 0 saturated heterocycles. The molecule has 0 aliphatic carbocycles. The lowest BCUT2D eigenvalue weighted by Gasteiger charge is -2.09.